The van der Waals surface area contributed by atoms with E-state index in [0.29, 0.717) is 11.8 Å². The molecule has 3 aromatic rings. The van der Waals surface area contributed by atoms with E-state index < -0.39 is 0 Å². The Kier molecular flexibility index (Phi) is 3.59. The normalized spacial score (nSPS) is 18.4. The summed E-state index contributed by atoms with van der Waals surface area (Å²) < 4.78 is 5.27. The van der Waals surface area contributed by atoms with Gasteiger partial charge in [-0.2, -0.15) is 4.98 Å². The molecule has 124 valence electrons. The van der Waals surface area contributed by atoms with Crippen LogP contribution >= 0.6 is 0 Å². The van der Waals surface area contributed by atoms with Crippen molar-refractivity contribution in [1.29, 1.82) is 0 Å². The van der Waals surface area contributed by atoms with Crippen LogP contribution in [0, 0.1) is 13.8 Å². The predicted octanol–water partition coefficient (Wildman–Crippen LogP) is 2.95. The summed E-state index contributed by atoms with van der Waals surface area (Å²) >= 11 is 0. The molecule has 6 nitrogen and oxygen atoms in total. The summed E-state index contributed by atoms with van der Waals surface area (Å²) in [5, 5.41) is 4.95. The second kappa shape index (κ2) is 5.78. The van der Waals surface area contributed by atoms with Gasteiger partial charge in [0.15, 0.2) is 0 Å². The van der Waals surface area contributed by atoms with Gasteiger partial charge in [-0.25, -0.2) is 4.98 Å². The van der Waals surface area contributed by atoms with E-state index in [-0.39, 0.29) is 0 Å². The Labute approximate surface area is 141 Å². The number of hydrogen-bond donors (Lipinski definition) is 0. The molecular weight excluding hydrogens is 302 g/mol. The monoisotopic (exact) mass is 323 g/mol. The molecule has 4 rings (SSSR count). The molecule has 0 radical (unpaired) electrons. The number of aryl methyl sites for hydroxylation is 2. The molecule has 0 bridgehead atoms. The van der Waals surface area contributed by atoms with Crippen molar-refractivity contribution in [2.24, 2.45) is 0 Å². The molecule has 1 saturated heterocycles. The first kappa shape index (κ1) is 14.9. The van der Waals surface area contributed by atoms with E-state index in [0.717, 1.165) is 36.5 Å². The fourth-order valence-corrected chi connectivity index (χ4v) is 3.48. The number of rotatable bonds is 2. The molecule has 1 aromatic carbocycles. The molecule has 1 aliphatic heterocycles. The highest BCUT2D eigenvalue weighted by atomic mass is 16.5. The van der Waals surface area contributed by atoms with Crippen LogP contribution < -0.4 is 9.80 Å². The SMILES string of the molecule is Cc1cccc(N2CCN(c3ncnc4onc(C)c34)C[C@@H]2C)c1. The van der Waals surface area contributed by atoms with Gasteiger partial charge < -0.3 is 14.3 Å². The van der Waals surface area contributed by atoms with Crippen molar-refractivity contribution in [3.63, 3.8) is 0 Å². The van der Waals surface area contributed by atoms with Crippen LogP contribution in [0.3, 0.4) is 0 Å². The lowest BCUT2D eigenvalue weighted by molar-refractivity contribution is 0.442. The van der Waals surface area contributed by atoms with Gasteiger partial charge in [0.05, 0.1) is 5.69 Å². The lowest BCUT2D eigenvalue weighted by Crippen LogP contribution is -2.52. The third kappa shape index (κ3) is 2.48. The largest absolute Gasteiger partial charge is 0.365 e. The maximum atomic E-state index is 5.27. The van der Waals surface area contributed by atoms with Crippen molar-refractivity contribution >= 4 is 22.6 Å². The molecule has 2 aromatic heterocycles. The maximum Gasteiger partial charge on any atom is 0.263 e. The Morgan fingerprint density at radius 3 is 2.83 bits per heavy atom. The topological polar surface area (TPSA) is 58.3 Å². The first-order valence-electron chi connectivity index (χ1n) is 8.28. The van der Waals surface area contributed by atoms with Crippen LogP contribution in [0.5, 0.6) is 0 Å². The molecule has 0 amide bonds. The van der Waals surface area contributed by atoms with Crippen LogP contribution in [0.1, 0.15) is 18.2 Å². The van der Waals surface area contributed by atoms with Gasteiger partial charge >= 0.3 is 0 Å². The minimum Gasteiger partial charge on any atom is -0.365 e. The molecule has 0 N–H and O–H groups in total. The van der Waals surface area contributed by atoms with Gasteiger partial charge in [-0.1, -0.05) is 17.3 Å². The van der Waals surface area contributed by atoms with Crippen LogP contribution in [-0.2, 0) is 0 Å². The van der Waals surface area contributed by atoms with Gasteiger partial charge in [0.25, 0.3) is 5.71 Å². The summed E-state index contributed by atoms with van der Waals surface area (Å²) in [6.07, 6.45) is 1.56. The highest BCUT2D eigenvalue weighted by molar-refractivity contribution is 5.88. The van der Waals surface area contributed by atoms with Gasteiger partial charge in [-0.15, -0.1) is 0 Å². The smallest absolute Gasteiger partial charge is 0.263 e. The Balaban J connectivity index is 1.61. The van der Waals surface area contributed by atoms with Crippen molar-refractivity contribution in [3.05, 3.63) is 41.9 Å². The van der Waals surface area contributed by atoms with E-state index >= 15 is 0 Å². The van der Waals surface area contributed by atoms with Gasteiger partial charge in [0.2, 0.25) is 0 Å². The summed E-state index contributed by atoms with van der Waals surface area (Å²) in [7, 11) is 0. The van der Waals surface area contributed by atoms with Crippen molar-refractivity contribution in [3.8, 4) is 0 Å². The number of hydrogen-bond acceptors (Lipinski definition) is 6. The Bertz CT molecular complexity index is 875. The second-order valence-electron chi connectivity index (χ2n) is 6.47. The predicted molar refractivity (Wildman–Crippen MR) is 94.5 cm³/mol. The minimum atomic E-state index is 0.394. The zero-order valence-electron chi connectivity index (χ0n) is 14.2. The molecule has 0 aliphatic carbocycles. The van der Waals surface area contributed by atoms with Crippen LogP contribution in [0.2, 0.25) is 0 Å². The third-order valence-electron chi connectivity index (χ3n) is 4.68. The average molecular weight is 323 g/mol. The van der Waals surface area contributed by atoms with Crippen LogP contribution in [0.4, 0.5) is 11.5 Å². The van der Waals surface area contributed by atoms with E-state index in [9.17, 15) is 0 Å². The van der Waals surface area contributed by atoms with Crippen molar-refractivity contribution in [1.82, 2.24) is 15.1 Å². The highest BCUT2D eigenvalue weighted by Crippen LogP contribution is 2.29. The molecule has 0 spiro atoms. The van der Waals surface area contributed by atoms with Gasteiger partial charge in [-0.3, -0.25) is 0 Å². The van der Waals surface area contributed by atoms with Gasteiger partial charge in [0, 0.05) is 31.4 Å². The summed E-state index contributed by atoms with van der Waals surface area (Å²) in [6, 6.07) is 9.09. The lowest BCUT2D eigenvalue weighted by atomic mass is 10.1. The van der Waals surface area contributed by atoms with Crippen LogP contribution in [0.25, 0.3) is 11.1 Å². The summed E-state index contributed by atoms with van der Waals surface area (Å²) in [5.74, 6) is 0.925. The standard InChI is InChI=1S/C18H21N5O/c1-12-5-4-6-15(9-12)23-8-7-22(10-13(23)2)17-16-14(3)21-24-18(16)20-11-19-17/h4-6,9,11,13H,7-8,10H2,1-3H3/t13-/m0/s1. The Morgan fingerprint density at radius 1 is 1.17 bits per heavy atom. The molecule has 6 heteroatoms. The first-order valence-corrected chi connectivity index (χ1v) is 8.28. The number of aromatic nitrogens is 3. The molecule has 0 unspecified atom stereocenters. The highest BCUT2D eigenvalue weighted by Gasteiger charge is 2.27. The van der Waals surface area contributed by atoms with Crippen molar-refractivity contribution in [2.45, 2.75) is 26.8 Å². The maximum absolute atomic E-state index is 5.27. The molecular formula is C18H21N5O. The summed E-state index contributed by atoms with van der Waals surface area (Å²) in [6.45, 7) is 9.11. The molecule has 0 saturated carbocycles. The van der Waals surface area contributed by atoms with E-state index in [4.69, 9.17) is 4.52 Å². The third-order valence-corrected chi connectivity index (χ3v) is 4.68. The fourth-order valence-electron chi connectivity index (χ4n) is 3.48. The van der Waals surface area contributed by atoms with Crippen LogP contribution in [0.15, 0.2) is 35.1 Å². The molecule has 3 heterocycles. The number of benzene rings is 1. The van der Waals surface area contributed by atoms with Crippen LogP contribution in [-0.4, -0.2) is 40.8 Å². The first-order chi connectivity index (χ1) is 11.6. The number of nitrogens with zero attached hydrogens (tertiary/aromatic N) is 5. The Morgan fingerprint density at radius 2 is 2.04 bits per heavy atom. The van der Waals surface area contributed by atoms with Gasteiger partial charge in [0.1, 0.15) is 17.5 Å². The minimum absolute atomic E-state index is 0.394. The Hall–Kier alpha value is -2.63. The fraction of sp³-hybridized carbons (Fsp3) is 0.389. The van der Waals surface area contributed by atoms with Crippen molar-refractivity contribution in [2.75, 3.05) is 29.4 Å². The number of anilines is 2. The lowest BCUT2D eigenvalue weighted by Gasteiger charge is -2.42. The second-order valence-corrected chi connectivity index (χ2v) is 6.47. The zero-order valence-corrected chi connectivity index (χ0v) is 14.2. The number of piperazine rings is 1. The van der Waals surface area contributed by atoms with Gasteiger partial charge in [-0.05, 0) is 38.5 Å². The van der Waals surface area contributed by atoms with E-state index in [2.05, 4.69) is 63.0 Å². The number of fused-ring (bicyclic) bond motifs is 1. The van der Waals surface area contributed by atoms with E-state index in [1.54, 1.807) is 6.33 Å². The summed E-state index contributed by atoms with van der Waals surface area (Å²) in [4.78, 5) is 13.4. The van der Waals surface area contributed by atoms with E-state index in [1.807, 2.05) is 6.92 Å². The molecule has 1 aliphatic rings. The van der Waals surface area contributed by atoms with Crippen molar-refractivity contribution < 1.29 is 4.52 Å². The average Bonchev–Trinajstić information content (AvgIpc) is 2.96. The quantitative estimate of drug-likeness (QED) is 0.723. The molecule has 1 fully saturated rings. The zero-order chi connectivity index (χ0) is 16.7. The summed E-state index contributed by atoms with van der Waals surface area (Å²) in [5.41, 5.74) is 3.98. The van der Waals surface area contributed by atoms with E-state index in [1.165, 1.54) is 11.3 Å². The molecule has 1 atom stereocenters. The molecule has 24 heavy (non-hydrogen) atoms.